The van der Waals surface area contributed by atoms with Crippen LogP contribution in [0.15, 0.2) is 85.2 Å². The minimum atomic E-state index is 1.04. The maximum atomic E-state index is 4.67. The standard InChI is InChI=1S/C26H26N6/c1-19-8-12-23(13-9-19)31-17-25(29(3)27-31)21-6-5-7-22(16-21)26-18-32(28-30(26)4)24-14-10-20(2)11-15-24/h5-18H,1-4H3/q+2. The number of hydrogen-bond donors (Lipinski definition) is 0. The van der Waals surface area contributed by atoms with Crippen LogP contribution in [-0.2, 0) is 14.1 Å². The Bertz CT molecular complexity index is 1290. The van der Waals surface area contributed by atoms with Gasteiger partial charge in [-0.05, 0) is 44.2 Å². The van der Waals surface area contributed by atoms with Gasteiger partial charge in [0.2, 0.25) is 0 Å². The third-order valence-electron chi connectivity index (χ3n) is 5.70. The van der Waals surface area contributed by atoms with Crippen molar-refractivity contribution < 1.29 is 9.36 Å². The molecule has 0 bridgehead atoms. The maximum absolute atomic E-state index is 4.67. The summed E-state index contributed by atoms with van der Waals surface area (Å²) in [7, 11) is 3.95. The molecular formula is C26H26N6+2. The van der Waals surface area contributed by atoms with Crippen molar-refractivity contribution in [2.45, 2.75) is 13.8 Å². The van der Waals surface area contributed by atoms with Gasteiger partial charge >= 0.3 is 0 Å². The highest BCUT2D eigenvalue weighted by molar-refractivity contribution is 5.66. The van der Waals surface area contributed by atoms with E-state index in [0.717, 1.165) is 33.9 Å². The summed E-state index contributed by atoms with van der Waals surface area (Å²) in [5.41, 5.74) is 8.84. The van der Waals surface area contributed by atoms with Crippen LogP contribution < -0.4 is 9.36 Å². The molecule has 32 heavy (non-hydrogen) atoms. The molecule has 0 aliphatic rings. The highest BCUT2D eigenvalue weighted by atomic mass is 15.5. The number of aryl methyl sites for hydroxylation is 4. The highest BCUT2D eigenvalue weighted by Crippen LogP contribution is 2.24. The first-order valence-electron chi connectivity index (χ1n) is 10.6. The molecule has 3 aromatic carbocycles. The van der Waals surface area contributed by atoms with Crippen molar-refractivity contribution in [2.75, 3.05) is 0 Å². The first kappa shape index (κ1) is 19.9. The van der Waals surface area contributed by atoms with Gasteiger partial charge in [0.15, 0.2) is 35.2 Å². The Labute approximate surface area is 187 Å². The average Bonchev–Trinajstić information content (AvgIpc) is 3.38. The molecule has 0 amide bonds. The monoisotopic (exact) mass is 422 g/mol. The molecule has 0 N–H and O–H groups in total. The van der Waals surface area contributed by atoms with Gasteiger partial charge in [0.25, 0.3) is 0 Å². The van der Waals surface area contributed by atoms with E-state index in [0.29, 0.717) is 0 Å². The number of nitrogens with zero attached hydrogens (tertiary/aromatic N) is 6. The Hall–Kier alpha value is -4.06. The average molecular weight is 423 g/mol. The van der Waals surface area contributed by atoms with E-state index in [-0.39, 0.29) is 0 Å². The Morgan fingerprint density at radius 1 is 0.594 bits per heavy atom. The summed E-state index contributed by atoms with van der Waals surface area (Å²) in [4.78, 5) is 0. The fourth-order valence-corrected chi connectivity index (χ4v) is 3.84. The molecule has 0 atom stereocenters. The smallest absolute Gasteiger partial charge is 0.132 e. The van der Waals surface area contributed by atoms with E-state index in [1.54, 1.807) is 0 Å². The second kappa shape index (κ2) is 7.89. The summed E-state index contributed by atoms with van der Waals surface area (Å²) in [5, 5.41) is 9.34. The first-order valence-corrected chi connectivity index (χ1v) is 10.6. The third kappa shape index (κ3) is 3.71. The number of rotatable bonds is 4. The largest absolute Gasteiger partial charge is 0.198 e. The molecule has 0 unspecified atom stereocenters. The predicted molar refractivity (Wildman–Crippen MR) is 123 cm³/mol. The SMILES string of the molecule is Cc1ccc(-n2cc(-c3cccc(-c4cn(-c5ccc(C)cc5)n[n+]4C)c3)[n+](C)n2)cc1. The molecule has 5 rings (SSSR count). The van der Waals surface area contributed by atoms with Crippen LogP contribution in [0.3, 0.4) is 0 Å². The highest BCUT2D eigenvalue weighted by Gasteiger charge is 2.20. The van der Waals surface area contributed by atoms with Crippen molar-refractivity contribution in [3.8, 4) is 33.9 Å². The molecule has 6 heteroatoms. The van der Waals surface area contributed by atoms with Crippen molar-refractivity contribution in [3.05, 3.63) is 96.3 Å². The fourth-order valence-electron chi connectivity index (χ4n) is 3.84. The van der Waals surface area contributed by atoms with Gasteiger partial charge in [0.1, 0.15) is 14.1 Å². The zero-order valence-corrected chi connectivity index (χ0v) is 18.8. The number of benzene rings is 3. The molecule has 0 saturated heterocycles. The van der Waals surface area contributed by atoms with E-state index >= 15 is 0 Å². The quantitative estimate of drug-likeness (QED) is 0.415. The molecule has 0 fully saturated rings. The molecule has 2 aromatic heterocycles. The summed E-state index contributed by atoms with van der Waals surface area (Å²) >= 11 is 0. The van der Waals surface area contributed by atoms with Crippen LogP contribution in [0.2, 0.25) is 0 Å². The van der Waals surface area contributed by atoms with Crippen molar-refractivity contribution in [3.63, 3.8) is 0 Å². The van der Waals surface area contributed by atoms with Crippen LogP contribution in [-0.4, -0.2) is 19.8 Å². The lowest BCUT2D eigenvalue weighted by atomic mass is 10.1. The van der Waals surface area contributed by atoms with E-state index in [1.807, 2.05) is 32.8 Å². The normalized spacial score (nSPS) is 11.1. The molecule has 0 aliphatic carbocycles. The van der Waals surface area contributed by atoms with Crippen molar-refractivity contribution in [1.29, 1.82) is 0 Å². The minimum absolute atomic E-state index is 1.04. The van der Waals surface area contributed by atoms with Crippen LogP contribution in [0.5, 0.6) is 0 Å². The lowest BCUT2D eigenvalue weighted by Gasteiger charge is -1.99. The van der Waals surface area contributed by atoms with Gasteiger partial charge in [-0.25, -0.2) is 0 Å². The van der Waals surface area contributed by atoms with Crippen LogP contribution in [0.4, 0.5) is 0 Å². The van der Waals surface area contributed by atoms with E-state index in [1.165, 1.54) is 11.1 Å². The van der Waals surface area contributed by atoms with E-state index < -0.39 is 0 Å². The van der Waals surface area contributed by atoms with Crippen molar-refractivity contribution >= 4 is 0 Å². The van der Waals surface area contributed by atoms with Crippen molar-refractivity contribution in [1.82, 2.24) is 19.8 Å². The number of aromatic nitrogens is 6. The fraction of sp³-hybridized carbons (Fsp3) is 0.154. The van der Waals surface area contributed by atoms with E-state index in [4.69, 9.17) is 0 Å². The van der Waals surface area contributed by atoms with Crippen LogP contribution in [0, 0.1) is 13.8 Å². The molecule has 158 valence electrons. The zero-order valence-electron chi connectivity index (χ0n) is 18.8. The Kier molecular flexibility index (Phi) is 4.90. The minimum Gasteiger partial charge on any atom is -0.132 e. The van der Waals surface area contributed by atoms with Crippen LogP contribution in [0.1, 0.15) is 11.1 Å². The lowest BCUT2D eigenvalue weighted by Crippen LogP contribution is -2.33. The summed E-state index contributed by atoms with van der Waals surface area (Å²) in [5.74, 6) is 0. The first-order chi connectivity index (χ1) is 15.5. The van der Waals surface area contributed by atoms with Gasteiger partial charge in [0.05, 0.1) is 10.4 Å². The zero-order chi connectivity index (χ0) is 22.2. The Morgan fingerprint density at radius 3 is 1.41 bits per heavy atom. The molecule has 5 aromatic rings. The van der Waals surface area contributed by atoms with Gasteiger partial charge in [-0.15, -0.1) is 18.7 Å². The number of hydrogen-bond acceptors (Lipinski definition) is 2. The van der Waals surface area contributed by atoms with E-state index in [2.05, 4.69) is 109 Å². The molecule has 6 nitrogen and oxygen atoms in total. The topological polar surface area (TPSA) is 43.4 Å². The molecule has 0 saturated carbocycles. The van der Waals surface area contributed by atoms with Gasteiger partial charge in [0, 0.05) is 11.1 Å². The molecule has 0 aliphatic heterocycles. The van der Waals surface area contributed by atoms with Crippen molar-refractivity contribution in [2.24, 2.45) is 14.1 Å². The van der Waals surface area contributed by atoms with Gasteiger partial charge in [-0.3, -0.25) is 0 Å². The lowest BCUT2D eigenvalue weighted by molar-refractivity contribution is -0.721. The summed E-state index contributed by atoms with van der Waals surface area (Å²) in [6, 6.07) is 25.2. The van der Waals surface area contributed by atoms with E-state index in [9.17, 15) is 0 Å². The molecular weight excluding hydrogens is 396 g/mol. The van der Waals surface area contributed by atoms with Gasteiger partial charge in [-0.1, -0.05) is 53.6 Å². The summed E-state index contributed by atoms with van der Waals surface area (Å²) < 4.78 is 7.65. The summed E-state index contributed by atoms with van der Waals surface area (Å²) in [6.07, 6.45) is 4.14. The second-order valence-electron chi connectivity index (χ2n) is 8.20. The Morgan fingerprint density at radius 2 is 1.00 bits per heavy atom. The van der Waals surface area contributed by atoms with Gasteiger partial charge in [-0.2, -0.15) is 0 Å². The van der Waals surface area contributed by atoms with Gasteiger partial charge < -0.3 is 0 Å². The third-order valence-corrected chi connectivity index (χ3v) is 5.70. The maximum Gasteiger partial charge on any atom is 0.198 e. The summed E-state index contributed by atoms with van der Waals surface area (Å²) in [6.45, 7) is 4.18. The molecule has 0 spiro atoms. The Balaban J connectivity index is 1.51. The van der Waals surface area contributed by atoms with Crippen LogP contribution >= 0.6 is 0 Å². The molecule has 0 radical (unpaired) electrons. The second-order valence-corrected chi connectivity index (χ2v) is 8.20. The molecule has 2 heterocycles. The predicted octanol–water partition coefficient (Wildman–Crippen LogP) is 3.66. The van der Waals surface area contributed by atoms with Crippen LogP contribution in [0.25, 0.3) is 33.9 Å².